The van der Waals surface area contributed by atoms with Crippen molar-refractivity contribution in [3.63, 3.8) is 0 Å². The van der Waals surface area contributed by atoms with Crippen LogP contribution in [0.25, 0.3) is 0 Å². The molecule has 0 atom stereocenters. The Morgan fingerprint density at radius 2 is 1.85 bits per heavy atom. The van der Waals surface area contributed by atoms with Gasteiger partial charge in [0.05, 0.1) is 20.8 Å². The molecule has 6 heteroatoms. The van der Waals surface area contributed by atoms with E-state index in [0.29, 0.717) is 19.5 Å². The predicted molar refractivity (Wildman–Crippen MR) is 99.0 cm³/mol. The van der Waals surface area contributed by atoms with Gasteiger partial charge in [0.25, 0.3) is 0 Å². The number of nitrogens with zero attached hydrogens (tertiary/aromatic N) is 1. The first-order valence-corrected chi connectivity index (χ1v) is 8.43. The number of likely N-dealkylation sites (N-methyl/N-ethyl adjacent to an activating group) is 1. The standard InChI is InChI=1S/C20H25FN2O3/c1-23(13-15-8-9-19(26-3)17(21)12-15)14-20(24)22-11-10-16-6-4-5-7-18(16)25-2/h4-9,12H,10-11,13-14H2,1-3H3,(H,22,24). The highest BCUT2D eigenvalue weighted by molar-refractivity contribution is 5.78. The molecule has 0 saturated heterocycles. The molecule has 0 aliphatic carbocycles. The number of amides is 1. The lowest BCUT2D eigenvalue weighted by Crippen LogP contribution is -2.35. The van der Waals surface area contributed by atoms with Crippen LogP contribution >= 0.6 is 0 Å². The van der Waals surface area contributed by atoms with Crippen LogP contribution in [0.2, 0.25) is 0 Å². The van der Waals surface area contributed by atoms with Crippen LogP contribution in [0.15, 0.2) is 42.5 Å². The molecule has 0 heterocycles. The third-order valence-corrected chi connectivity index (χ3v) is 3.99. The third-order valence-electron chi connectivity index (χ3n) is 3.99. The van der Waals surface area contributed by atoms with Crippen molar-refractivity contribution in [2.45, 2.75) is 13.0 Å². The summed E-state index contributed by atoms with van der Waals surface area (Å²) < 4.78 is 23.9. The maximum Gasteiger partial charge on any atom is 0.234 e. The molecule has 0 aromatic heterocycles. The molecule has 140 valence electrons. The fourth-order valence-electron chi connectivity index (χ4n) is 2.72. The number of carbonyl (C=O) groups excluding carboxylic acids is 1. The van der Waals surface area contributed by atoms with Gasteiger partial charge in [0.15, 0.2) is 11.6 Å². The first-order chi connectivity index (χ1) is 12.5. The number of hydrogen-bond acceptors (Lipinski definition) is 4. The lowest BCUT2D eigenvalue weighted by atomic mass is 10.1. The Labute approximate surface area is 153 Å². The topological polar surface area (TPSA) is 50.8 Å². The molecule has 5 nitrogen and oxygen atoms in total. The van der Waals surface area contributed by atoms with Gasteiger partial charge in [0.2, 0.25) is 5.91 Å². The highest BCUT2D eigenvalue weighted by Crippen LogP contribution is 2.18. The summed E-state index contributed by atoms with van der Waals surface area (Å²) in [5.74, 6) is 0.557. The summed E-state index contributed by atoms with van der Waals surface area (Å²) in [4.78, 5) is 13.9. The Morgan fingerprint density at radius 1 is 1.12 bits per heavy atom. The summed E-state index contributed by atoms with van der Waals surface area (Å²) in [6, 6.07) is 12.5. The van der Waals surface area contributed by atoms with Crippen molar-refractivity contribution in [3.8, 4) is 11.5 Å². The fourth-order valence-corrected chi connectivity index (χ4v) is 2.72. The zero-order valence-electron chi connectivity index (χ0n) is 15.4. The van der Waals surface area contributed by atoms with Crippen molar-refractivity contribution in [2.75, 3.05) is 34.4 Å². The normalized spacial score (nSPS) is 10.7. The zero-order chi connectivity index (χ0) is 18.9. The van der Waals surface area contributed by atoms with Crippen LogP contribution in [0.4, 0.5) is 4.39 Å². The number of nitrogens with one attached hydrogen (secondary N) is 1. The average molecular weight is 360 g/mol. The van der Waals surface area contributed by atoms with E-state index in [9.17, 15) is 9.18 Å². The number of rotatable bonds is 9. The molecule has 26 heavy (non-hydrogen) atoms. The number of methoxy groups -OCH3 is 2. The Kier molecular flexibility index (Phi) is 7.41. The number of benzene rings is 2. The first-order valence-electron chi connectivity index (χ1n) is 8.43. The molecule has 2 aromatic carbocycles. The highest BCUT2D eigenvalue weighted by atomic mass is 19.1. The van der Waals surface area contributed by atoms with Crippen LogP contribution < -0.4 is 14.8 Å². The monoisotopic (exact) mass is 360 g/mol. The molecule has 1 N–H and O–H groups in total. The van der Waals surface area contributed by atoms with E-state index in [2.05, 4.69) is 5.32 Å². The van der Waals surface area contributed by atoms with Crippen molar-refractivity contribution in [1.82, 2.24) is 10.2 Å². The maximum atomic E-state index is 13.7. The maximum absolute atomic E-state index is 13.7. The van der Waals surface area contributed by atoms with E-state index >= 15 is 0 Å². The highest BCUT2D eigenvalue weighted by Gasteiger charge is 2.10. The molecule has 0 aliphatic heterocycles. The van der Waals surface area contributed by atoms with Gasteiger partial charge in [-0.15, -0.1) is 0 Å². The van der Waals surface area contributed by atoms with Gasteiger partial charge in [-0.05, 0) is 42.8 Å². The summed E-state index contributed by atoms with van der Waals surface area (Å²) in [6.07, 6.45) is 0.698. The number of halogens is 1. The molecule has 0 fully saturated rings. The fraction of sp³-hybridized carbons (Fsp3) is 0.350. The molecule has 2 rings (SSSR count). The predicted octanol–water partition coefficient (Wildman–Crippen LogP) is 2.63. The Morgan fingerprint density at radius 3 is 2.54 bits per heavy atom. The molecular weight excluding hydrogens is 335 g/mol. The second-order valence-electron chi connectivity index (χ2n) is 6.05. The van der Waals surface area contributed by atoms with E-state index < -0.39 is 5.82 Å². The molecule has 0 spiro atoms. The second kappa shape index (κ2) is 9.77. The number of para-hydroxylation sites is 1. The van der Waals surface area contributed by atoms with Crippen LogP contribution in [0.5, 0.6) is 11.5 Å². The van der Waals surface area contributed by atoms with Crippen molar-refractivity contribution in [1.29, 1.82) is 0 Å². The van der Waals surface area contributed by atoms with Crippen LogP contribution in [0.1, 0.15) is 11.1 Å². The molecule has 2 aromatic rings. The molecule has 0 radical (unpaired) electrons. The molecule has 0 unspecified atom stereocenters. The van der Waals surface area contributed by atoms with Crippen LogP contribution in [0, 0.1) is 5.82 Å². The summed E-state index contributed by atoms with van der Waals surface area (Å²) in [5, 5.41) is 2.90. The first kappa shape index (κ1) is 19.7. The van der Waals surface area contributed by atoms with Crippen LogP contribution in [-0.4, -0.2) is 45.2 Å². The number of hydrogen-bond donors (Lipinski definition) is 1. The SMILES string of the molecule is COc1ccc(CN(C)CC(=O)NCCc2ccccc2OC)cc1F. The molecule has 0 saturated carbocycles. The van der Waals surface area contributed by atoms with Gasteiger partial charge in [0, 0.05) is 13.1 Å². The van der Waals surface area contributed by atoms with Crippen molar-refractivity contribution < 1.29 is 18.7 Å². The van der Waals surface area contributed by atoms with Crippen molar-refractivity contribution >= 4 is 5.91 Å². The summed E-state index contributed by atoms with van der Waals surface area (Å²) in [5.41, 5.74) is 1.84. The van der Waals surface area contributed by atoms with Gasteiger partial charge in [-0.2, -0.15) is 0 Å². The van der Waals surface area contributed by atoms with E-state index in [4.69, 9.17) is 9.47 Å². The second-order valence-corrected chi connectivity index (χ2v) is 6.05. The van der Waals surface area contributed by atoms with Crippen molar-refractivity contribution in [2.24, 2.45) is 0 Å². The van der Waals surface area contributed by atoms with Crippen LogP contribution in [0.3, 0.4) is 0 Å². The quantitative estimate of drug-likeness (QED) is 0.747. The zero-order valence-corrected chi connectivity index (χ0v) is 15.4. The third kappa shape index (κ3) is 5.74. The molecule has 1 amide bonds. The summed E-state index contributed by atoms with van der Waals surface area (Å²) in [6.45, 7) is 1.24. The molecule has 0 bridgehead atoms. The lowest BCUT2D eigenvalue weighted by molar-refractivity contribution is -0.122. The number of carbonyl (C=O) groups is 1. The van der Waals surface area contributed by atoms with E-state index in [1.165, 1.54) is 13.2 Å². The average Bonchev–Trinajstić information content (AvgIpc) is 2.62. The van der Waals surface area contributed by atoms with Gasteiger partial charge in [-0.25, -0.2) is 4.39 Å². The molecular formula is C20H25FN2O3. The van der Waals surface area contributed by atoms with Gasteiger partial charge in [-0.3, -0.25) is 9.69 Å². The van der Waals surface area contributed by atoms with Gasteiger partial charge < -0.3 is 14.8 Å². The minimum absolute atomic E-state index is 0.0728. The van der Waals surface area contributed by atoms with Crippen LogP contribution in [-0.2, 0) is 17.8 Å². The minimum Gasteiger partial charge on any atom is -0.496 e. The van der Waals surface area contributed by atoms with E-state index in [-0.39, 0.29) is 18.2 Å². The van der Waals surface area contributed by atoms with Crippen molar-refractivity contribution in [3.05, 3.63) is 59.4 Å². The van der Waals surface area contributed by atoms with E-state index in [1.54, 1.807) is 19.2 Å². The van der Waals surface area contributed by atoms with E-state index in [0.717, 1.165) is 16.9 Å². The number of ether oxygens (including phenoxy) is 2. The Hall–Kier alpha value is -2.60. The van der Waals surface area contributed by atoms with E-state index in [1.807, 2.05) is 36.2 Å². The summed E-state index contributed by atoms with van der Waals surface area (Å²) in [7, 11) is 4.88. The molecule has 0 aliphatic rings. The Bertz CT molecular complexity index is 737. The van der Waals surface area contributed by atoms with Gasteiger partial charge in [-0.1, -0.05) is 24.3 Å². The largest absolute Gasteiger partial charge is 0.496 e. The van der Waals surface area contributed by atoms with Gasteiger partial charge >= 0.3 is 0 Å². The Balaban J connectivity index is 1.77. The van der Waals surface area contributed by atoms with Gasteiger partial charge in [0.1, 0.15) is 5.75 Å². The minimum atomic E-state index is -0.403. The summed E-state index contributed by atoms with van der Waals surface area (Å²) >= 11 is 0. The smallest absolute Gasteiger partial charge is 0.234 e. The lowest BCUT2D eigenvalue weighted by Gasteiger charge is -2.17.